The molecule has 88 valence electrons. The third-order valence-corrected chi connectivity index (χ3v) is 2.72. The van der Waals surface area contributed by atoms with Gasteiger partial charge in [0.25, 0.3) is 5.91 Å². The zero-order chi connectivity index (χ0) is 12.3. The zero-order valence-electron chi connectivity index (χ0n) is 10.2. The Morgan fingerprint density at radius 3 is 2.56 bits per heavy atom. The van der Waals surface area contributed by atoms with Crippen molar-refractivity contribution in [3.05, 3.63) is 33.8 Å². The number of rotatable bonds is 2. The second-order valence-electron chi connectivity index (χ2n) is 5.20. The molecule has 16 heavy (non-hydrogen) atoms. The van der Waals surface area contributed by atoms with E-state index >= 15 is 0 Å². The summed E-state index contributed by atoms with van der Waals surface area (Å²) in [5, 5.41) is 2.95. The summed E-state index contributed by atoms with van der Waals surface area (Å²) in [6.45, 7) is 8.92. The Morgan fingerprint density at radius 1 is 1.38 bits per heavy atom. The van der Waals surface area contributed by atoms with Crippen LogP contribution in [0.2, 0.25) is 0 Å². The molecule has 1 amide bonds. The fourth-order valence-corrected chi connectivity index (χ4v) is 1.64. The summed E-state index contributed by atoms with van der Waals surface area (Å²) >= 11 is 3.38. The minimum absolute atomic E-state index is 0.00581. The molecule has 0 heterocycles. The molecule has 0 aliphatic heterocycles. The number of aryl methyl sites for hydroxylation is 1. The van der Waals surface area contributed by atoms with Crippen molar-refractivity contribution in [3.8, 4) is 0 Å². The van der Waals surface area contributed by atoms with Crippen LogP contribution in [0.15, 0.2) is 22.7 Å². The third kappa shape index (κ3) is 3.97. The first-order valence-electron chi connectivity index (χ1n) is 5.34. The van der Waals surface area contributed by atoms with Crippen LogP contribution in [0, 0.1) is 12.3 Å². The van der Waals surface area contributed by atoms with Crippen molar-refractivity contribution in [3.63, 3.8) is 0 Å². The lowest BCUT2D eigenvalue weighted by atomic mass is 9.96. The number of hydrogen-bond donors (Lipinski definition) is 1. The van der Waals surface area contributed by atoms with Gasteiger partial charge in [-0.15, -0.1) is 0 Å². The molecular formula is C13H18BrNO. The maximum atomic E-state index is 11.9. The quantitative estimate of drug-likeness (QED) is 0.884. The second kappa shape index (κ2) is 5.00. The number of carbonyl (C=O) groups excluding carboxylic acids is 1. The molecule has 0 fully saturated rings. The van der Waals surface area contributed by atoms with Gasteiger partial charge in [0, 0.05) is 16.6 Å². The van der Waals surface area contributed by atoms with Gasteiger partial charge in [-0.3, -0.25) is 4.79 Å². The lowest BCUT2D eigenvalue weighted by Crippen LogP contribution is -2.32. The SMILES string of the molecule is Cc1ccc(Br)cc1C(=O)NCC(C)(C)C. The first kappa shape index (κ1) is 13.2. The highest BCUT2D eigenvalue weighted by atomic mass is 79.9. The molecule has 0 saturated heterocycles. The molecule has 0 unspecified atom stereocenters. The summed E-state index contributed by atoms with van der Waals surface area (Å²) < 4.78 is 0.930. The molecule has 0 radical (unpaired) electrons. The number of nitrogens with one attached hydrogen (secondary N) is 1. The Bertz CT molecular complexity index is 393. The summed E-state index contributed by atoms with van der Waals surface area (Å²) in [4.78, 5) is 11.9. The average molecular weight is 284 g/mol. The molecule has 1 N–H and O–H groups in total. The summed E-state index contributed by atoms with van der Waals surface area (Å²) in [7, 11) is 0. The van der Waals surface area contributed by atoms with Crippen molar-refractivity contribution >= 4 is 21.8 Å². The molecule has 1 rings (SSSR count). The van der Waals surface area contributed by atoms with Gasteiger partial charge in [-0.1, -0.05) is 42.8 Å². The van der Waals surface area contributed by atoms with E-state index in [0.717, 1.165) is 15.6 Å². The van der Waals surface area contributed by atoms with Crippen molar-refractivity contribution in [1.29, 1.82) is 0 Å². The van der Waals surface area contributed by atoms with Crippen LogP contribution in [0.5, 0.6) is 0 Å². The van der Waals surface area contributed by atoms with Crippen LogP contribution in [-0.4, -0.2) is 12.5 Å². The predicted molar refractivity (Wildman–Crippen MR) is 70.7 cm³/mol. The topological polar surface area (TPSA) is 29.1 Å². The maximum absolute atomic E-state index is 11.9. The van der Waals surface area contributed by atoms with E-state index < -0.39 is 0 Å². The smallest absolute Gasteiger partial charge is 0.251 e. The van der Waals surface area contributed by atoms with E-state index in [1.807, 2.05) is 25.1 Å². The molecule has 1 aromatic carbocycles. The van der Waals surface area contributed by atoms with Gasteiger partial charge in [0.1, 0.15) is 0 Å². The Morgan fingerprint density at radius 2 is 2.00 bits per heavy atom. The first-order chi connectivity index (χ1) is 7.29. The lowest BCUT2D eigenvalue weighted by molar-refractivity contribution is 0.0938. The van der Waals surface area contributed by atoms with Crippen LogP contribution in [0.3, 0.4) is 0 Å². The monoisotopic (exact) mass is 283 g/mol. The molecule has 2 nitrogen and oxygen atoms in total. The molecule has 0 saturated carbocycles. The summed E-state index contributed by atoms with van der Waals surface area (Å²) in [6.07, 6.45) is 0. The fraction of sp³-hybridized carbons (Fsp3) is 0.462. The number of halogens is 1. The van der Waals surface area contributed by atoms with E-state index in [0.29, 0.717) is 6.54 Å². The van der Waals surface area contributed by atoms with E-state index in [2.05, 4.69) is 42.0 Å². The Hall–Kier alpha value is -0.830. The van der Waals surface area contributed by atoms with Crippen LogP contribution in [0.25, 0.3) is 0 Å². The summed E-state index contributed by atoms with van der Waals surface area (Å²) in [6, 6.07) is 5.74. The highest BCUT2D eigenvalue weighted by Gasteiger charge is 2.14. The standard InChI is InChI=1S/C13H18BrNO/c1-9-5-6-10(14)7-11(9)12(16)15-8-13(2,3)4/h5-7H,8H2,1-4H3,(H,15,16). The fourth-order valence-electron chi connectivity index (χ4n) is 1.28. The Kier molecular flexibility index (Phi) is 4.14. The van der Waals surface area contributed by atoms with Crippen LogP contribution >= 0.6 is 15.9 Å². The largest absolute Gasteiger partial charge is 0.352 e. The van der Waals surface area contributed by atoms with Gasteiger partial charge < -0.3 is 5.32 Å². The van der Waals surface area contributed by atoms with Gasteiger partial charge in [-0.05, 0) is 30.0 Å². The van der Waals surface area contributed by atoms with Crippen molar-refractivity contribution in [1.82, 2.24) is 5.32 Å². The van der Waals surface area contributed by atoms with Crippen molar-refractivity contribution in [2.45, 2.75) is 27.7 Å². The van der Waals surface area contributed by atoms with Gasteiger partial charge in [-0.25, -0.2) is 0 Å². The van der Waals surface area contributed by atoms with Crippen LogP contribution in [0.1, 0.15) is 36.7 Å². The summed E-state index contributed by atoms with van der Waals surface area (Å²) in [5.41, 5.74) is 1.84. The van der Waals surface area contributed by atoms with Crippen LogP contribution in [-0.2, 0) is 0 Å². The molecule has 0 aliphatic carbocycles. The van der Waals surface area contributed by atoms with Gasteiger partial charge >= 0.3 is 0 Å². The van der Waals surface area contributed by atoms with Gasteiger partial charge in [0.15, 0.2) is 0 Å². The van der Waals surface area contributed by atoms with E-state index in [1.54, 1.807) is 0 Å². The average Bonchev–Trinajstić information content (AvgIpc) is 2.17. The zero-order valence-corrected chi connectivity index (χ0v) is 11.8. The first-order valence-corrected chi connectivity index (χ1v) is 6.13. The second-order valence-corrected chi connectivity index (χ2v) is 6.12. The highest BCUT2D eigenvalue weighted by Crippen LogP contribution is 2.17. The Balaban J connectivity index is 2.77. The van der Waals surface area contributed by atoms with E-state index in [1.165, 1.54) is 0 Å². The minimum atomic E-state index is -0.00581. The summed E-state index contributed by atoms with van der Waals surface area (Å²) in [5.74, 6) is -0.00581. The third-order valence-electron chi connectivity index (χ3n) is 2.22. The minimum Gasteiger partial charge on any atom is -0.352 e. The van der Waals surface area contributed by atoms with Gasteiger partial charge in [0.05, 0.1) is 0 Å². The van der Waals surface area contributed by atoms with E-state index in [4.69, 9.17) is 0 Å². The number of hydrogen-bond acceptors (Lipinski definition) is 1. The predicted octanol–water partition coefficient (Wildman–Crippen LogP) is 3.53. The molecular weight excluding hydrogens is 266 g/mol. The van der Waals surface area contributed by atoms with Crippen molar-refractivity contribution in [2.24, 2.45) is 5.41 Å². The molecule has 0 atom stereocenters. The lowest BCUT2D eigenvalue weighted by Gasteiger charge is -2.19. The molecule has 0 aliphatic rings. The normalized spacial score (nSPS) is 11.3. The van der Waals surface area contributed by atoms with Gasteiger partial charge in [-0.2, -0.15) is 0 Å². The molecule has 0 bridgehead atoms. The van der Waals surface area contributed by atoms with Crippen LogP contribution < -0.4 is 5.32 Å². The van der Waals surface area contributed by atoms with E-state index in [-0.39, 0.29) is 11.3 Å². The number of amides is 1. The molecule has 1 aromatic rings. The van der Waals surface area contributed by atoms with Gasteiger partial charge in [0.2, 0.25) is 0 Å². The Labute approximate surface area is 106 Å². The highest BCUT2D eigenvalue weighted by molar-refractivity contribution is 9.10. The molecule has 3 heteroatoms. The molecule has 0 spiro atoms. The number of benzene rings is 1. The number of carbonyl (C=O) groups is 1. The van der Waals surface area contributed by atoms with Crippen LogP contribution in [0.4, 0.5) is 0 Å². The molecule has 0 aromatic heterocycles. The maximum Gasteiger partial charge on any atom is 0.251 e. The van der Waals surface area contributed by atoms with Crippen molar-refractivity contribution < 1.29 is 4.79 Å². The van der Waals surface area contributed by atoms with E-state index in [9.17, 15) is 4.79 Å². The van der Waals surface area contributed by atoms with Crippen molar-refractivity contribution in [2.75, 3.05) is 6.54 Å².